The summed E-state index contributed by atoms with van der Waals surface area (Å²) < 4.78 is 1.61. The maximum absolute atomic E-state index is 11.5. The SMILES string of the molecule is Cn1nccc1-c1cc(C(=O)O)c2cc(Cl)cc(Cl)c2n1. The molecular weight excluding hydrogens is 313 g/mol. The van der Waals surface area contributed by atoms with Gasteiger partial charge in [-0.15, -0.1) is 0 Å². The van der Waals surface area contributed by atoms with Crippen LogP contribution >= 0.6 is 23.2 Å². The van der Waals surface area contributed by atoms with E-state index in [0.29, 0.717) is 32.3 Å². The average molecular weight is 322 g/mol. The standard InChI is InChI=1S/C14H9Cl2N3O2/c1-19-12(2-3-17-19)11-6-9(14(20)21)8-4-7(15)5-10(16)13(8)18-11/h2-6H,1H3,(H,20,21). The maximum atomic E-state index is 11.5. The summed E-state index contributed by atoms with van der Waals surface area (Å²) in [6, 6.07) is 6.33. The van der Waals surface area contributed by atoms with Gasteiger partial charge in [0.15, 0.2) is 0 Å². The van der Waals surface area contributed by atoms with Gasteiger partial charge in [-0.2, -0.15) is 5.10 Å². The number of halogens is 2. The van der Waals surface area contributed by atoms with Crippen molar-refractivity contribution in [3.05, 3.63) is 46.1 Å². The number of carboxylic acids is 1. The fourth-order valence-corrected chi connectivity index (χ4v) is 2.72. The molecule has 0 aliphatic carbocycles. The van der Waals surface area contributed by atoms with Crippen molar-refractivity contribution in [3.8, 4) is 11.4 Å². The summed E-state index contributed by atoms with van der Waals surface area (Å²) in [7, 11) is 1.76. The van der Waals surface area contributed by atoms with Crippen LogP contribution in [0.25, 0.3) is 22.3 Å². The Bertz CT molecular complexity index is 874. The van der Waals surface area contributed by atoms with Gasteiger partial charge in [-0.1, -0.05) is 23.2 Å². The average Bonchev–Trinajstić information content (AvgIpc) is 2.84. The van der Waals surface area contributed by atoms with Crippen LogP contribution in [0.1, 0.15) is 10.4 Å². The van der Waals surface area contributed by atoms with Crippen LogP contribution in [0.2, 0.25) is 10.0 Å². The van der Waals surface area contributed by atoms with E-state index >= 15 is 0 Å². The molecule has 21 heavy (non-hydrogen) atoms. The van der Waals surface area contributed by atoms with Gasteiger partial charge >= 0.3 is 5.97 Å². The number of hydrogen-bond acceptors (Lipinski definition) is 3. The molecule has 3 rings (SSSR count). The van der Waals surface area contributed by atoms with Crippen LogP contribution in [-0.4, -0.2) is 25.8 Å². The number of pyridine rings is 1. The number of aromatic carboxylic acids is 1. The van der Waals surface area contributed by atoms with Gasteiger partial charge in [0.1, 0.15) is 0 Å². The third kappa shape index (κ3) is 2.34. The van der Waals surface area contributed by atoms with E-state index in [9.17, 15) is 9.90 Å². The monoisotopic (exact) mass is 321 g/mol. The Morgan fingerprint density at radius 1 is 1.29 bits per heavy atom. The van der Waals surface area contributed by atoms with Crippen molar-refractivity contribution in [2.45, 2.75) is 0 Å². The van der Waals surface area contributed by atoms with Crippen molar-refractivity contribution in [1.82, 2.24) is 14.8 Å². The highest BCUT2D eigenvalue weighted by atomic mass is 35.5. The van der Waals surface area contributed by atoms with E-state index in [-0.39, 0.29) is 5.56 Å². The van der Waals surface area contributed by atoms with Crippen LogP contribution in [0.3, 0.4) is 0 Å². The molecule has 5 nitrogen and oxygen atoms in total. The molecule has 3 aromatic rings. The Labute approximate surface area is 129 Å². The first-order chi connectivity index (χ1) is 9.97. The minimum Gasteiger partial charge on any atom is -0.478 e. The molecule has 0 saturated carbocycles. The lowest BCUT2D eigenvalue weighted by Gasteiger charge is -2.09. The van der Waals surface area contributed by atoms with Gasteiger partial charge in [0.2, 0.25) is 0 Å². The van der Waals surface area contributed by atoms with Crippen molar-refractivity contribution in [2.75, 3.05) is 0 Å². The molecule has 0 spiro atoms. The first kappa shape index (κ1) is 13.9. The van der Waals surface area contributed by atoms with Crippen LogP contribution in [0.15, 0.2) is 30.5 Å². The molecule has 0 atom stereocenters. The third-order valence-corrected chi connectivity index (χ3v) is 3.65. The Morgan fingerprint density at radius 2 is 2.05 bits per heavy atom. The Hall–Kier alpha value is -2.11. The summed E-state index contributed by atoms with van der Waals surface area (Å²) in [5, 5.41) is 14.6. The van der Waals surface area contributed by atoms with Crippen LogP contribution in [0.4, 0.5) is 0 Å². The van der Waals surface area contributed by atoms with Gasteiger partial charge in [-0.05, 0) is 24.3 Å². The number of nitrogens with zero attached hydrogens (tertiary/aromatic N) is 3. The van der Waals surface area contributed by atoms with E-state index < -0.39 is 5.97 Å². The topological polar surface area (TPSA) is 68.0 Å². The zero-order chi connectivity index (χ0) is 15.1. The summed E-state index contributed by atoms with van der Waals surface area (Å²) in [5.41, 5.74) is 1.69. The zero-order valence-corrected chi connectivity index (χ0v) is 12.4. The number of aryl methyl sites for hydroxylation is 1. The largest absolute Gasteiger partial charge is 0.478 e. The summed E-state index contributed by atoms with van der Waals surface area (Å²) in [4.78, 5) is 16.0. The van der Waals surface area contributed by atoms with Crippen molar-refractivity contribution in [3.63, 3.8) is 0 Å². The molecule has 0 bridgehead atoms. The summed E-state index contributed by atoms with van der Waals surface area (Å²) in [5.74, 6) is -1.07. The van der Waals surface area contributed by atoms with E-state index in [0.717, 1.165) is 0 Å². The van der Waals surface area contributed by atoms with E-state index in [2.05, 4.69) is 10.1 Å². The molecule has 106 valence electrons. The predicted molar refractivity (Wildman–Crippen MR) is 80.9 cm³/mol. The lowest BCUT2D eigenvalue weighted by Crippen LogP contribution is -2.02. The normalized spacial score (nSPS) is 11.0. The highest BCUT2D eigenvalue weighted by Gasteiger charge is 2.16. The van der Waals surface area contributed by atoms with Crippen molar-refractivity contribution in [2.24, 2.45) is 7.05 Å². The summed E-state index contributed by atoms with van der Waals surface area (Å²) in [6.45, 7) is 0. The van der Waals surface area contributed by atoms with E-state index in [4.69, 9.17) is 23.2 Å². The van der Waals surface area contributed by atoms with E-state index in [1.807, 2.05) is 0 Å². The number of carbonyl (C=O) groups is 1. The lowest BCUT2D eigenvalue weighted by molar-refractivity contribution is 0.0699. The van der Waals surface area contributed by atoms with Gasteiger partial charge in [-0.25, -0.2) is 9.78 Å². The number of fused-ring (bicyclic) bond motifs is 1. The quantitative estimate of drug-likeness (QED) is 0.782. The number of hydrogen-bond donors (Lipinski definition) is 1. The van der Waals surface area contributed by atoms with Crippen molar-refractivity contribution >= 4 is 40.1 Å². The number of rotatable bonds is 2. The molecule has 0 aliphatic heterocycles. The molecule has 0 amide bonds. The molecule has 2 heterocycles. The van der Waals surface area contributed by atoms with Crippen LogP contribution in [-0.2, 0) is 7.05 Å². The fraction of sp³-hybridized carbons (Fsp3) is 0.0714. The highest BCUT2D eigenvalue weighted by Crippen LogP contribution is 2.31. The molecule has 2 aromatic heterocycles. The molecule has 0 aliphatic rings. The van der Waals surface area contributed by atoms with E-state index in [1.165, 1.54) is 12.1 Å². The molecule has 1 aromatic carbocycles. The smallest absolute Gasteiger partial charge is 0.336 e. The molecule has 0 radical (unpaired) electrons. The lowest BCUT2D eigenvalue weighted by atomic mass is 10.1. The number of benzene rings is 1. The zero-order valence-electron chi connectivity index (χ0n) is 10.8. The highest BCUT2D eigenvalue weighted by molar-refractivity contribution is 6.38. The second kappa shape index (κ2) is 5.02. The molecule has 0 fully saturated rings. The van der Waals surface area contributed by atoms with Crippen molar-refractivity contribution in [1.29, 1.82) is 0 Å². The van der Waals surface area contributed by atoms with Gasteiger partial charge in [-0.3, -0.25) is 4.68 Å². The summed E-state index contributed by atoms with van der Waals surface area (Å²) in [6.07, 6.45) is 1.62. The molecule has 0 saturated heterocycles. The van der Waals surface area contributed by atoms with Gasteiger partial charge < -0.3 is 5.11 Å². The van der Waals surface area contributed by atoms with Crippen molar-refractivity contribution < 1.29 is 9.90 Å². The number of aromatic nitrogens is 3. The van der Waals surface area contributed by atoms with Crippen LogP contribution in [0.5, 0.6) is 0 Å². The maximum Gasteiger partial charge on any atom is 0.336 e. The van der Waals surface area contributed by atoms with Crippen LogP contribution < -0.4 is 0 Å². The van der Waals surface area contributed by atoms with E-state index in [1.54, 1.807) is 30.1 Å². The Balaban J connectivity index is 2.40. The molecule has 7 heteroatoms. The van der Waals surface area contributed by atoms with Gasteiger partial charge in [0.25, 0.3) is 0 Å². The molecular formula is C14H9Cl2N3O2. The third-order valence-electron chi connectivity index (χ3n) is 3.15. The minimum atomic E-state index is -1.07. The minimum absolute atomic E-state index is 0.0978. The second-order valence-electron chi connectivity index (χ2n) is 4.48. The molecule has 0 unspecified atom stereocenters. The predicted octanol–water partition coefficient (Wildman–Crippen LogP) is 3.64. The Kier molecular flexibility index (Phi) is 3.31. The van der Waals surface area contributed by atoms with Gasteiger partial charge in [0.05, 0.1) is 27.5 Å². The fourth-order valence-electron chi connectivity index (χ4n) is 2.19. The second-order valence-corrected chi connectivity index (χ2v) is 5.33. The Morgan fingerprint density at radius 3 is 2.67 bits per heavy atom. The number of carboxylic acid groups (broad SMARTS) is 1. The summed E-state index contributed by atoms with van der Waals surface area (Å²) >= 11 is 12.1. The van der Waals surface area contributed by atoms with Crippen LogP contribution in [0, 0.1) is 0 Å². The first-order valence-corrected chi connectivity index (χ1v) is 6.74. The first-order valence-electron chi connectivity index (χ1n) is 5.99. The molecule has 1 N–H and O–H groups in total. The van der Waals surface area contributed by atoms with Gasteiger partial charge in [0, 0.05) is 23.7 Å².